The van der Waals surface area contributed by atoms with Crippen molar-refractivity contribution >= 4 is 5.70 Å². The molecular weight excluding hydrogens is 316 g/mol. The zero-order chi connectivity index (χ0) is 17.4. The molecule has 0 amide bonds. The predicted octanol–water partition coefficient (Wildman–Crippen LogP) is -0.619. The fourth-order valence-corrected chi connectivity index (χ4v) is 3.81. The Balaban J connectivity index is 1.56. The molecule has 3 aliphatic heterocycles. The van der Waals surface area contributed by atoms with Gasteiger partial charge in [-0.25, -0.2) is 0 Å². The Bertz CT molecular complexity index is 711. The minimum atomic E-state index is 0.179. The van der Waals surface area contributed by atoms with Crippen molar-refractivity contribution in [2.45, 2.75) is 12.1 Å². The van der Waals surface area contributed by atoms with E-state index in [9.17, 15) is 5.11 Å². The Morgan fingerprint density at radius 1 is 1.16 bits per heavy atom. The van der Waals surface area contributed by atoms with Gasteiger partial charge in [-0.05, 0) is 18.2 Å². The minimum Gasteiger partial charge on any atom is -0.507 e. The molecule has 1 aromatic carbocycles. The number of allylic oxidation sites excluding steroid dienone is 1. The molecule has 134 valence electrons. The Hall–Kier alpha value is -2.38. The number of rotatable bonds is 3. The van der Waals surface area contributed by atoms with Crippen LogP contribution in [0.25, 0.3) is 5.70 Å². The van der Waals surface area contributed by atoms with Gasteiger partial charge in [0, 0.05) is 56.6 Å². The van der Waals surface area contributed by atoms with Crippen LogP contribution in [0.1, 0.15) is 5.56 Å². The lowest BCUT2D eigenvalue weighted by atomic mass is 10.0. The molecule has 0 aliphatic carbocycles. The molecule has 7 heteroatoms. The summed E-state index contributed by atoms with van der Waals surface area (Å²) in [6.07, 6.45) is 1.88. The molecule has 2 saturated heterocycles. The van der Waals surface area contributed by atoms with Gasteiger partial charge in [-0.3, -0.25) is 4.90 Å². The number of hydrogen-bond acceptors (Lipinski definition) is 7. The lowest BCUT2D eigenvalue weighted by Gasteiger charge is -2.50. The average molecular weight is 342 g/mol. The second-order valence-corrected chi connectivity index (χ2v) is 6.95. The van der Waals surface area contributed by atoms with Crippen molar-refractivity contribution in [1.82, 2.24) is 20.4 Å². The Labute approximate surface area is 148 Å². The van der Waals surface area contributed by atoms with Gasteiger partial charge in [-0.2, -0.15) is 0 Å². The van der Waals surface area contributed by atoms with E-state index in [1.165, 1.54) is 0 Å². The first-order chi connectivity index (χ1) is 12.1. The number of phenolic OH excluding ortho intramolecular Hbond substituents is 1. The summed E-state index contributed by atoms with van der Waals surface area (Å²) >= 11 is 0. The van der Waals surface area contributed by atoms with Crippen LogP contribution < -0.4 is 22.1 Å². The molecule has 0 spiro atoms. The number of aromatic hydroxyl groups is 1. The van der Waals surface area contributed by atoms with E-state index in [0.29, 0.717) is 29.2 Å². The van der Waals surface area contributed by atoms with Crippen LogP contribution >= 0.6 is 0 Å². The average Bonchev–Trinajstić information content (AvgIpc) is 2.56. The topological polar surface area (TPSA) is 103 Å². The van der Waals surface area contributed by atoms with Gasteiger partial charge >= 0.3 is 0 Å². The highest BCUT2D eigenvalue weighted by Gasteiger charge is 2.36. The maximum absolute atomic E-state index is 10.0. The van der Waals surface area contributed by atoms with Gasteiger partial charge in [0.25, 0.3) is 0 Å². The molecule has 7 N–H and O–H groups in total. The zero-order valence-corrected chi connectivity index (χ0v) is 14.3. The molecule has 1 unspecified atom stereocenters. The molecule has 1 aromatic rings. The number of nitrogens with one attached hydrogen (secondary N) is 2. The monoisotopic (exact) mass is 342 g/mol. The maximum atomic E-state index is 10.0. The van der Waals surface area contributed by atoms with E-state index < -0.39 is 0 Å². The molecule has 0 aromatic heterocycles. The third kappa shape index (κ3) is 3.01. The maximum Gasteiger partial charge on any atom is 0.124 e. The van der Waals surface area contributed by atoms with Crippen LogP contribution in [0.4, 0.5) is 0 Å². The fourth-order valence-electron chi connectivity index (χ4n) is 3.81. The highest BCUT2D eigenvalue weighted by atomic mass is 16.3. The molecule has 0 saturated carbocycles. The number of fused-ring (bicyclic) bond motifs is 1. The summed E-state index contributed by atoms with van der Waals surface area (Å²) in [6, 6.07) is 8.14. The van der Waals surface area contributed by atoms with E-state index in [-0.39, 0.29) is 5.75 Å². The second kappa shape index (κ2) is 6.50. The van der Waals surface area contributed by atoms with Crippen molar-refractivity contribution < 1.29 is 5.11 Å². The van der Waals surface area contributed by atoms with Crippen molar-refractivity contribution in [3.63, 3.8) is 0 Å². The number of para-hydroxylation sites is 1. The van der Waals surface area contributed by atoms with Gasteiger partial charge in [0.05, 0.1) is 11.7 Å². The molecule has 0 radical (unpaired) electrons. The van der Waals surface area contributed by atoms with Crippen molar-refractivity contribution in [1.29, 1.82) is 0 Å². The van der Waals surface area contributed by atoms with Crippen molar-refractivity contribution in [3.8, 4) is 5.75 Å². The molecule has 1 atom stereocenters. The van der Waals surface area contributed by atoms with E-state index in [0.717, 1.165) is 45.0 Å². The third-order valence-electron chi connectivity index (χ3n) is 5.41. The van der Waals surface area contributed by atoms with Crippen LogP contribution in [0.3, 0.4) is 0 Å². The van der Waals surface area contributed by atoms with Gasteiger partial charge in [0.2, 0.25) is 0 Å². The number of nitrogens with two attached hydrogens (primary N) is 2. The van der Waals surface area contributed by atoms with Gasteiger partial charge < -0.3 is 32.1 Å². The molecular formula is C18H26N6O. The van der Waals surface area contributed by atoms with Gasteiger partial charge in [0.15, 0.2) is 0 Å². The number of piperazine rings is 1. The van der Waals surface area contributed by atoms with E-state index >= 15 is 0 Å². The van der Waals surface area contributed by atoms with Crippen LogP contribution in [-0.2, 0) is 0 Å². The Morgan fingerprint density at radius 2 is 1.96 bits per heavy atom. The molecule has 3 aliphatic rings. The quantitative estimate of drug-likeness (QED) is 0.499. The summed E-state index contributed by atoms with van der Waals surface area (Å²) in [5.41, 5.74) is 14.5. The summed E-state index contributed by atoms with van der Waals surface area (Å²) in [6.45, 7) is 6.01. The SMILES string of the molecule is NC1=C(/C=C(\N)c2ccccc2O)N2CCN(C3CNC3)CC2CN1. The Morgan fingerprint density at radius 3 is 2.68 bits per heavy atom. The van der Waals surface area contributed by atoms with Crippen LogP contribution in [0, 0.1) is 0 Å². The number of phenols is 1. The third-order valence-corrected chi connectivity index (χ3v) is 5.41. The summed E-state index contributed by atoms with van der Waals surface area (Å²) in [5.74, 6) is 0.825. The lowest BCUT2D eigenvalue weighted by molar-refractivity contribution is 0.0463. The van der Waals surface area contributed by atoms with Crippen molar-refractivity contribution in [2.24, 2.45) is 11.5 Å². The van der Waals surface area contributed by atoms with Gasteiger partial charge in [-0.1, -0.05) is 12.1 Å². The number of nitrogens with zero attached hydrogens (tertiary/aromatic N) is 2. The van der Waals surface area contributed by atoms with Crippen LogP contribution in [-0.4, -0.2) is 66.3 Å². The smallest absolute Gasteiger partial charge is 0.124 e. The van der Waals surface area contributed by atoms with Crippen LogP contribution in [0.5, 0.6) is 5.75 Å². The highest BCUT2D eigenvalue weighted by molar-refractivity contribution is 5.70. The molecule has 7 nitrogen and oxygen atoms in total. The summed E-state index contributed by atoms with van der Waals surface area (Å²) < 4.78 is 0. The largest absolute Gasteiger partial charge is 0.507 e. The zero-order valence-electron chi connectivity index (χ0n) is 14.3. The second-order valence-electron chi connectivity index (χ2n) is 6.95. The molecule has 0 bridgehead atoms. The lowest BCUT2D eigenvalue weighted by Crippen LogP contribution is -2.66. The summed E-state index contributed by atoms with van der Waals surface area (Å²) in [4.78, 5) is 4.91. The Kier molecular flexibility index (Phi) is 4.19. The van der Waals surface area contributed by atoms with Crippen molar-refractivity contribution in [3.05, 3.63) is 47.4 Å². The first-order valence-electron chi connectivity index (χ1n) is 8.84. The first-order valence-corrected chi connectivity index (χ1v) is 8.84. The predicted molar refractivity (Wildman–Crippen MR) is 98.2 cm³/mol. The van der Waals surface area contributed by atoms with E-state index in [4.69, 9.17) is 11.5 Å². The van der Waals surface area contributed by atoms with Gasteiger partial charge in [0.1, 0.15) is 11.6 Å². The summed E-state index contributed by atoms with van der Waals surface area (Å²) in [7, 11) is 0. The van der Waals surface area contributed by atoms with Crippen molar-refractivity contribution in [2.75, 3.05) is 39.3 Å². The van der Waals surface area contributed by atoms with E-state index in [1.54, 1.807) is 12.1 Å². The number of benzene rings is 1. The standard InChI is InChI=1S/C18H26N6O/c19-15(14-3-1-2-4-17(14)25)7-16-18(20)22-10-13-11-23(5-6-24(13)16)12-8-21-9-12/h1-4,7,12-13,21-22,25H,5-6,8-11,19-20H2/b15-7-. The first kappa shape index (κ1) is 16.1. The minimum absolute atomic E-state index is 0.179. The molecule has 4 rings (SSSR count). The summed E-state index contributed by atoms with van der Waals surface area (Å²) in [5, 5.41) is 16.7. The van der Waals surface area contributed by atoms with Crippen LogP contribution in [0.15, 0.2) is 41.9 Å². The highest BCUT2D eigenvalue weighted by Crippen LogP contribution is 2.27. The molecule has 2 fully saturated rings. The normalized spacial score (nSPS) is 25.4. The van der Waals surface area contributed by atoms with Crippen LogP contribution in [0.2, 0.25) is 0 Å². The fraction of sp³-hybridized carbons (Fsp3) is 0.444. The van der Waals surface area contributed by atoms with E-state index in [1.807, 2.05) is 18.2 Å². The van der Waals surface area contributed by atoms with Gasteiger partial charge in [-0.15, -0.1) is 0 Å². The number of hydrogen-bond donors (Lipinski definition) is 5. The van der Waals surface area contributed by atoms with E-state index in [2.05, 4.69) is 20.4 Å². The molecule has 3 heterocycles. The molecule has 25 heavy (non-hydrogen) atoms.